The van der Waals surface area contributed by atoms with Gasteiger partial charge in [0.2, 0.25) is 0 Å². The van der Waals surface area contributed by atoms with Gasteiger partial charge in [-0.1, -0.05) is 13.0 Å². The summed E-state index contributed by atoms with van der Waals surface area (Å²) in [6.07, 6.45) is 5.52. The first-order chi connectivity index (χ1) is 10.3. The van der Waals surface area contributed by atoms with Gasteiger partial charge in [-0.3, -0.25) is 0 Å². The van der Waals surface area contributed by atoms with E-state index in [0.717, 1.165) is 36.6 Å². The van der Waals surface area contributed by atoms with Gasteiger partial charge in [-0.25, -0.2) is 4.98 Å². The molecule has 0 bridgehead atoms. The molecule has 2 rings (SSSR count). The molecule has 0 fully saturated rings. The lowest BCUT2D eigenvalue weighted by atomic mass is 10.0. The predicted molar refractivity (Wildman–Crippen MR) is 82.9 cm³/mol. The molecule has 0 aliphatic carbocycles. The lowest BCUT2D eigenvalue weighted by Gasteiger charge is -2.19. The SMILES string of the molecule is CCC(NCCc1cnc[nH]1)c1ccc(OC)c(OC)c1. The Morgan fingerprint density at radius 1 is 1.24 bits per heavy atom. The van der Waals surface area contributed by atoms with Crippen LogP contribution in [0.5, 0.6) is 11.5 Å². The molecule has 5 nitrogen and oxygen atoms in total. The zero-order chi connectivity index (χ0) is 15.1. The van der Waals surface area contributed by atoms with Gasteiger partial charge in [-0.2, -0.15) is 0 Å². The van der Waals surface area contributed by atoms with Crippen LogP contribution in [-0.4, -0.2) is 30.7 Å². The molecule has 1 aromatic carbocycles. The van der Waals surface area contributed by atoms with Crippen LogP contribution in [0.3, 0.4) is 0 Å². The Morgan fingerprint density at radius 3 is 2.67 bits per heavy atom. The third kappa shape index (κ3) is 3.98. The number of methoxy groups -OCH3 is 2. The second-order valence-corrected chi connectivity index (χ2v) is 4.86. The molecule has 2 aromatic rings. The third-order valence-corrected chi connectivity index (χ3v) is 3.56. The Morgan fingerprint density at radius 2 is 2.05 bits per heavy atom. The number of hydrogen-bond donors (Lipinski definition) is 2. The molecule has 0 amide bonds. The molecule has 0 saturated heterocycles. The van der Waals surface area contributed by atoms with Crippen molar-refractivity contribution in [2.24, 2.45) is 0 Å². The number of H-pyrrole nitrogens is 1. The standard InChI is InChI=1S/C16H23N3O2/c1-4-14(18-8-7-13-10-17-11-19-13)12-5-6-15(20-2)16(9-12)21-3/h5-6,9-11,14,18H,4,7-8H2,1-3H3,(H,17,19). The average molecular weight is 289 g/mol. The van der Waals surface area contributed by atoms with Crippen LogP contribution in [-0.2, 0) is 6.42 Å². The van der Waals surface area contributed by atoms with Crippen molar-refractivity contribution in [1.82, 2.24) is 15.3 Å². The van der Waals surface area contributed by atoms with E-state index in [1.807, 2.05) is 18.3 Å². The summed E-state index contributed by atoms with van der Waals surface area (Å²) < 4.78 is 10.6. The maximum absolute atomic E-state index is 5.37. The van der Waals surface area contributed by atoms with Gasteiger partial charge in [0.05, 0.1) is 20.5 Å². The average Bonchev–Trinajstić information content (AvgIpc) is 3.04. The first-order valence-electron chi connectivity index (χ1n) is 7.21. The monoisotopic (exact) mass is 289 g/mol. The highest BCUT2D eigenvalue weighted by molar-refractivity contribution is 5.43. The van der Waals surface area contributed by atoms with Crippen LogP contribution >= 0.6 is 0 Å². The summed E-state index contributed by atoms with van der Waals surface area (Å²) in [5, 5.41) is 3.57. The van der Waals surface area contributed by atoms with Crippen LogP contribution in [0.1, 0.15) is 30.6 Å². The Labute approximate surface area is 125 Å². The summed E-state index contributed by atoms with van der Waals surface area (Å²) >= 11 is 0. The Hall–Kier alpha value is -2.01. The van der Waals surface area contributed by atoms with Gasteiger partial charge in [-0.15, -0.1) is 0 Å². The van der Waals surface area contributed by atoms with Crippen LogP contribution in [0.2, 0.25) is 0 Å². The molecular formula is C16H23N3O2. The van der Waals surface area contributed by atoms with E-state index in [1.54, 1.807) is 20.5 Å². The molecule has 1 atom stereocenters. The van der Waals surface area contributed by atoms with Crippen molar-refractivity contribution in [3.8, 4) is 11.5 Å². The van der Waals surface area contributed by atoms with E-state index in [0.29, 0.717) is 6.04 Å². The minimum Gasteiger partial charge on any atom is -0.493 e. The molecule has 1 aromatic heterocycles. The summed E-state index contributed by atoms with van der Waals surface area (Å²) in [6, 6.07) is 6.37. The highest BCUT2D eigenvalue weighted by atomic mass is 16.5. The fraction of sp³-hybridized carbons (Fsp3) is 0.438. The molecule has 0 saturated carbocycles. The zero-order valence-electron chi connectivity index (χ0n) is 12.8. The van der Waals surface area contributed by atoms with E-state index < -0.39 is 0 Å². The van der Waals surface area contributed by atoms with Crippen molar-refractivity contribution >= 4 is 0 Å². The maximum atomic E-state index is 5.37. The number of ether oxygens (including phenoxy) is 2. The minimum absolute atomic E-state index is 0.299. The van der Waals surface area contributed by atoms with Crippen molar-refractivity contribution in [3.05, 3.63) is 42.0 Å². The zero-order valence-corrected chi connectivity index (χ0v) is 12.8. The Balaban J connectivity index is 1.99. The number of imidazole rings is 1. The molecule has 114 valence electrons. The van der Waals surface area contributed by atoms with Crippen LogP contribution in [0.25, 0.3) is 0 Å². The second kappa shape index (κ2) is 7.69. The number of aromatic amines is 1. The molecule has 1 unspecified atom stereocenters. The van der Waals surface area contributed by atoms with Crippen molar-refractivity contribution < 1.29 is 9.47 Å². The molecule has 2 N–H and O–H groups in total. The van der Waals surface area contributed by atoms with Gasteiger partial charge in [0.25, 0.3) is 0 Å². The lowest BCUT2D eigenvalue weighted by Crippen LogP contribution is -2.23. The van der Waals surface area contributed by atoms with Gasteiger partial charge in [0, 0.05) is 30.9 Å². The highest BCUT2D eigenvalue weighted by Crippen LogP contribution is 2.30. The van der Waals surface area contributed by atoms with E-state index in [4.69, 9.17) is 9.47 Å². The quantitative estimate of drug-likeness (QED) is 0.784. The number of nitrogens with one attached hydrogen (secondary N) is 2. The van der Waals surface area contributed by atoms with E-state index in [9.17, 15) is 0 Å². The number of benzene rings is 1. The summed E-state index contributed by atoms with van der Waals surface area (Å²) in [7, 11) is 3.31. The third-order valence-electron chi connectivity index (χ3n) is 3.56. The number of hydrogen-bond acceptors (Lipinski definition) is 4. The fourth-order valence-corrected chi connectivity index (χ4v) is 2.37. The second-order valence-electron chi connectivity index (χ2n) is 4.86. The summed E-state index contributed by atoms with van der Waals surface area (Å²) in [4.78, 5) is 7.14. The topological polar surface area (TPSA) is 59.2 Å². The van der Waals surface area contributed by atoms with E-state index in [-0.39, 0.29) is 0 Å². The van der Waals surface area contributed by atoms with Gasteiger partial charge < -0.3 is 19.8 Å². The smallest absolute Gasteiger partial charge is 0.161 e. The van der Waals surface area contributed by atoms with Crippen LogP contribution in [0.15, 0.2) is 30.7 Å². The first-order valence-corrected chi connectivity index (χ1v) is 7.21. The largest absolute Gasteiger partial charge is 0.493 e. The van der Waals surface area contributed by atoms with Crippen molar-refractivity contribution in [2.45, 2.75) is 25.8 Å². The van der Waals surface area contributed by atoms with Crippen LogP contribution < -0.4 is 14.8 Å². The molecule has 0 spiro atoms. The lowest BCUT2D eigenvalue weighted by molar-refractivity contribution is 0.353. The van der Waals surface area contributed by atoms with Crippen molar-refractivity contribution in [2.75, 3.05) is 20.8 Å². The van der Waals surface area contributed by atoms with Gasteiger partial charge in [0.15, 0.2) is 11.5 Å². The minimum atomic E-state index is 0.299. The fourth-order valence-electron chi connectivity index (χ4n) is 2.37. The van der Waals surface area contributed by atoms with Gasteiger partial charge >= 0.3 is 0 Å². The summed E-state index contributed by atoms with van der Waals surface area (Å²) in [5.74, 6) is 1.53. The molecule has 0 aliphatic heterocycles. The first kappa shape index (κ1) is 15.4. The maximum Gasteiger partial charge on any atom is 0.161 e. The highest BCUT2D eigenvalue weighted by Gasteiger charge is 2.12. The molecule has 0 radical (unpaired) electrons. The molecule has 1 heterocycles. The molecule has 0 aliphatic rings. The van der Waals surface area contributed by atoms with Crippen molar-refractivity contribution in [3.63, 3.8) is 0 Å². The van der Waals surface area contributed by atoms with Crippen LogP contribution in [0, 0.1) is 0 Å². The predicted octanol–water partition coefficient (Wildman–Crippen LogP) is 2.71. The molecule has 5 heteroatoms. The molecule has 21 heavy (non-hydrogen) atoms. The van der Waals surface area contributed by atoms with E-state index >= 15 is 0 Å². The van der Waals surface area contributed by atoms with Crippen LogP contribution in [0.4, 0.5) is 0 Å². The summed E-state index contributed by atoms with van der Waals surface area (Å²) in [5.41, 5.74) is 2.35. The van der Waals surface area contributed by atoms with E-state index in [2.05, 4.69) is 28.3 Å². The van der Waals surface area contributed by atoms with Crippen molar-refractivity contribution in [1.29, 1.82) is 0 Å². The summed E-state index contributed by atoms with van der Waals surface area (Å²) in [6.45, 7) is 3.07. The number of nitrogens with zero attached hydrogens (tertiary/aromatic N) is 1. The number of aromatic nitrogens is 2. The molecular weight excluding hydrogens is 266 g/mol. The van der Waals surface area contributed by atoms with E-state index in [1.165, 1.54) is 5.56 Å². The Kier molecular flexibility index (Phi) is 5.63. The Bertz CT molecular complexity index is 540. The number of rotatable bonds is 8. The normalized spacial score (nSPS) is 12.1. The van der Waals surface area contributed by atoms with Gasteiger partial charge in [0.1, 0.15) is 0 Å². The van der Waals surface area contributed by atoms with Gasteiger partial charge in [-0.05, 0) is 24.1 Å².